The smallest absolute Gasteiger partial charge is 0.309 e. The van der Waals surface area contributed by atoms with Gasteiger partial charge in [0.1, 0.15) is 5.60 Å². The highest BCUT2D eigenvalue weighted by atomic mass is 16.6. The van der Waals surface area contributed by atoms with E-state index in [0.29, 0.717) is 0 Å². The topological polar surface area (TPSA) is 26.3 Å². The largest absolute Gasteiger partial charge is 0.459 e. The Morgan fingerprint density at radius 1 is 1.19 bits per heavy atom. The van der Waals surface area contributed by atoms with E-state index >= 15 is 0 Å². The number of ether oxygens (including phenoxy) is 1. The van der Waals surface area contributed by atoms with E-state index < -0.39 is 0 Å². The second-order valence-corrected chi connectivity index (χ2v) is 6.52. The Bertz CT molecular complexity index is 244. The molecule has 0 saturated heterocycles. The van der Waals surface area contributed by atoms with E-state index in [4.69, 9.17) is 4.74 Å². The average Bonchev–Trinajstić information content (AvgIpc) is 2.15. The summed E-state index contributed by atoms with van der Waals surface area (Å²) in [4.78, 5) is 12.0. The average molecular weight is 226 g/mol. The van der Waals surface area contributed by atoms with Gasteiger partial charge in [0.2, 0.25) is 0 Å². The molecular weight excluding hydrogens is 200 g/mol. The zero-order valence-electron chi connectivity index (χ0n) is 11.4. The van der Waals surface area contributed by atoms with Crippen molar-refractivity contribution in [2.75, 3.05) is 0 Å². The number of carbonyl (C=O) groups is 1. The third-order valence-electron chi connectivity index (χ3n) is 3.91. The lowest BCUT2D eigenvalue weighted by Gasteiger charge is -2.36. The summed E-state index contributed by atoms with van der Waals surface area (Å²) in [5.41, 5.74) is -0.211. The van der Waals surface area contributed by atoms with Gasteiger partial charge in [-0.2, -0.15) is 0 Å². The zero-order valence-corrected chi connectivity index (χ0v) is 11.4. The van der Waals surface area contributed by atoms with Gasteiger partial charge in [-0.1, -0.05) is 34.1 Å². The molecule has 2 nitrogen and oxygen atoms in total. The van der Waals surface area contributed by atoms with Gasteiger partial charge in [0.05, 0.1) is 5.92 Å². The van der Waals surface area contributed by atoms with Crippen LogP contribution >= 0.6 is 0 Å². The Hall–Kier alpha value is -0.530. The normalized spacial score (nSPS) is 22.6. The van der Waals surface area contributed by atoms with Gasteiger partial charge in [-0.15, -0.1) is 0 Å². The summed E-state index contributed by atoms with van der Waals surface area (Å²) in [7, 11) is 0. The molecule has 1 aliphatic rings. The van der Waals surface area contributed by atoms with Crippen LogP contribution in [0.15, 0.2) is 0 Å². The van der Waals surface area contributed by atoms with Crippen LogP contribution in [0.25, 0.3) is 0 Å². The van der Waals surface area contributed by atoms with Crippen LogP contribution < -0.4 is 0 Å². The molecule has 0 N–H and O–H groups in total. The van der Waals surface area contributed by atoms with Gasteiger partial charge in [-0.25, -0.2) is 0 Å². The van der Waals surface area contributed by atoms with Gasteiger partial charge in [0.15, 0.2) is 0 Å². The molecule has 1 rings (SSSR count). The van der Waals surface area contributed by atoms with Crippen molar-refractivity contribution in [3.63, 3.8) is 0 Å². The molecule has 1 fully saturated rings. The van der Waals surface area contributed by atoms with Gasteiger partial charge in [0.25, 0.3) is 0 Å². The van der Waals surface area contributed by atoms with Crippen molar-refractivity contribution in [1.29, 1.82) is 0 Å². The van der Waals surface area contributed by atoms with Crippen LogP contribution in [-0.2, 0) is 9.53 Å². The highest BCUT2D eigenvalue weighted by molar-refractivity contribution is 5.73. The molecule has 16 heavy (non-hydrogen) atoms. The maximum Gasteiger partial charge on any atom is 0.309 e. The predicted molar refractivity (Wildman–Crippen MR) is 66.2 cm³/mol. The summed E-state index contributed by atoms with van der Waals surface area (Å²) >= 11 is 0. The second-order valence-electron chi connectivity index (χ2n) is 6.52. The molecule has 1 atom stereocenters. The van der Waals surface area contributed by atoms with Crippen molar-refractivity contribution in [3.8, 4) is 0 Å². The molecule has 0 aromatic carbocycles. The fourth-order valence-electron chi connectivity index (χ4n) is 2.09. The van der Waals surface area contributed by atoms with Crippen molar-refractivity contribution in [2.45, 2.75) is 72.3 Å². The minimum absolute atomic E-state index is 0.0118. The van der Waals surface area contributed by atoms with Gasteiger partial charge < -0.3 is 4.74 Å². The summed E-state index contributed by atoms with van der Waals surface area (Å²) in [6.07, 6.45) is 5.70. The summed E-state index contributed by atoms with van der Waals surface area (Å²) in [6, 6.07) is 0. The Morgan fingerprint density at radius 3 is 2.12 bits per heavy atom. The van der Waals surface area contributed by atoms with Gasteiger partial charge in [-0.05, 0) is 38.0 Å². The number of carbonyl (C=O) groups excluding carboxylic acids is 1. The molecule has 94 valence electrons. The Balaban J connectivity index is 2.56. The lowest BCUT2D eigenvalue weighted by atomic mass is 9.81. The van der Waals surface area contributed by atoms with Gasteiger partial charge in [0, 0.05) is 0 Å². The molecule has 0 aromatic heterocycles. The highest BCUT2D eigenvalue weighted by Crippen LogP contribution is 2.34. The quantitative estimate of drug-likeness (QED) is 0.667. The summed E-state index contributed by atoms with van der Waals surface area (Å²) < 4.78 is 5.73. The fourth-order valence-corrected chi connectivity index (χ4v) is 2.09. The maximum atomic E-state index is 12.0. The number of rotatable bonds is 2. The van der Waals surface area contributed by atoms with Gasteiger partial charge >= 0.3 is 5.97 Å². The van der Waals surface area contributed by atoms with Crippen LogP contribution in [0.5, 0.6) is 0 Å². The molecule has 0 heterocycles. The maximum absolute atomic E-state index is 12.0. The fraction of sp³-hybridized carbons (Fsp3) is 0.929. The lowest BCUT2D eigenvalue weighted by molar-refractivity contribution is -0.169. The van der Waals surface area contributed by atoms with Crippen LogP contribution in [0.4, 0.5) is 0 Å². The van der Waals surface area contributed by atoms with Crippen LogP contribution in [0.3, 0.4) is 0 Å². The first-order valence-electron chi connectivity index (χ1n) is 6.47. The van der Waals surface area contributed by atoms with Crippen LogP contribution in [0.2, 0.25) is 0 Å². The van der Waals surface area contributed by atoms with E-state index in [1.54, 1.807) is 0 Å². The molecule has 1 aliphatic carbocycles. The molecule has 0 spiro atoms. The number of hydrogen-bond acceptors (Lipinski definition) is 2. The standard InChI is InChI=1S/C14H26O2/c1-11(13(2,3)4)12(15)16-14(5)9-7-6-8-10-14/h11H,6-10H2,1-5H3. The Morgan fingerprint density at radius 2 is 1.69 bits per heavy atom. The third kappa shape index (κ3) is 3.50. The first-order valence-corrected chi connectivity index (χ1v) is 6.47. The Kier molecular flexibility index (Phi) is 4.03. The van der Waals surface area contributed by atoms with E-state index in [1.165, 1.54) is 19.3 Å². The molecule has 0 amide bonds. The van der Waals surface area contributed by atoms with E-state index in [9.17, 15) is 4.79 Å². The zero-order chi connectivity index (χ0) is 12.4. The van der Waals surface area contributed by atoms with Crippen LogP contribution in [0.1, 0.15) is 66.7 Å². The van der Waals surface area contributed by atoms with E-state index in [-0.39, 0.29) is 22.9 Å². The molecule has 0 aliphatic heterocycles. The van der Waals surface area contributed by atoms with Gasteiger partial charge in [-0.3, -0.25) is 4.79 Å². The third-order valence-corrected chi connectivity index (χ3v) is 3.91. The van der Waals surface area contributed by atoms with E-state index in [1.807, 2.05) is 6.92 Å². The first-order chi connectivity index (χ1) is 7.25. The second kappa shape index (κ2) is 4.77. The summed E-state index contributed by atoms with van der Waals surface area (Å²) in [5, 5.41) is 0. The number of esters is 1. The van der Waals surface area contributed by atoms with Crippen LogP contribution in [-0.4, -0.2) is 11.6 Å². The molecular formula is C14H26O2. The predicted octanol–water partition coefficient (Wildman–Crippen LogP) is 3.93. The SMILES string of the molecule is CC(C(=O)OC1(C)CCCCC1)C(C)(C)C. The Labute approximate surface area is 99.8 Å². The van der Waals surface area contributed by atoms with Crippen LogP contribution in [0, 0.1) is 11.3 Å². The lowest BCUT2D eigenvalue weighted by Crippen LogP contribution is -2.38. The van der Waals surface area contributed by atoms with Crippen molar-refractivity contribution >= 4 is 5.97 Å². The van der Waals surface area contributed by atoms with E-state index in [2.05, 4.69) is 27.7 Å². The summed E-state index contributed by atoms with van der Waals surface area (Å²) in [5.74, 6) is -0.0665. The first kappa shape index (κ1) is 13.5. The van der Waals surface area contributed by atoms with Crippen molar-refractivity contribution < 1.29 is 9.53 Å². The minimum atomic E-state index is -0.200. The molecule has 1 saturated carbocycles. The molecule has 2 heteroatoms. The molecule has 1 unspecified atom stereocenters. The minimum Gasteiger partial charge on any atom is -0.459 e. The molecule has 0 bridgehead atoms. The highest BCUT2D eigenvalue weighted by Gasteiger charge is 2.35. The van der Waals surface area contributed by atoms with Crippen molar-refractivity contribution in [2.24, 2.45) is 11.3 Å². The van der Waals surface area contributed by atoms with Crippen molar-refractivity contribution in [1.82, 2.24) is 0 Å². The molecule has 0 radical (unpaired) electrons. The number of hydrogen-bond donors (Lipinski definition) is 0. The summed E-state index contributed by atoms with van der Waals surface area (Å²) in [6.45, 7) is 10.3. The van der Waals surface area contributed by atoms with Crippen molar-refractivity contribution in [3.05, 3.63) is 0 Å². The molecule has 0 aromatic rings. The monoisotopic (exact) mass is 226 g/mol. The van der Waals surface area contributed by atoms with E-state index in [0.717, 1.165) is 12.8 Å².